The van der Waals surface area contributed by atoms with Crippen molar-refractivity contribution in [3.63, 3.8) is 0 Å². The van der Waals surface area contributed by atoms with Crippen LogP contribution in [0.25, 0.3) is 0 Å². The molecule has 4 heteroatoms. The molecule has 0 aliphatic rings. The molecule has 1 heterocycles. The minimum atomic E-state index is 0.348. The molecule has 4 nitrogen and oxygen atoms in total. The van der Waals surface area contributed by atoms with Crippen molar-refractivity contribution < 1.29 is 4.74 Å². The van der Waals surface area contributed by atoms with Crippen LogP contribution in [0.3, 0.4) is 0 Å². The molecule has 0 unspecified atom stereocenters. The molecule has 0 aromatic carbocycles. The fourth-order valence-corrected chi connectivity index (χ4v) is 1.30. The van der Waals surface area contributed by atoms with Gasteiger partial charge in [0.15, 0.2) is 6.61 Å². The Morgan fingerprint density at radius 2 is 2.35 bits per heavy atom. The van der Waals surface area contributed by atoms with E-state index < -0.39 is 0 Å². The van der Waals surface area contributed by atoms with Gasteiger partial charge in [0.1, 0.15) is 12.1 Å². The van der Waals surface area contributed by atoms with Crippen LogP contribution in [0.1, 0.15) is 13.8 Å². The molecule has 17 heavy (non-hydrogen) atoms. The van der Waals surface area contributed by atoms with E-state index in [9.17, 15) is 0 Å². The lowest BCUT2D eigenvalue weighted by Crippen LogP contribution is -2.23. The molecule has 1 aromatic rings. The van der Waals surface area contributed by atoms with Gasteiger partial charge in [-0.2, -0.15) is 0 Å². The number of hydrogen-bond donors (Lipinski definition) is 0. The largest absolute Gasteiger partial charge is 0.464 e. The quantitative estimate of drug-likeness (QED) is 0.553. The monoisotopic (exact) mass is 231 g/mol. The van der Waals surface area contributed by atoms with Crippen LogP contribution in [0.4, 0.5) is 5.82 Å². The zero-order valence-corrected chi connectivity index (χ0v) is 10.3. The smallest absolute Gasteiger partial charge is 0.219 e. The van der Waals surface area contributed by atoms with E-state index in [0.717, 1.165) is 18.9 Å². The Morgan fingerprint density at radius 1 is 1.53 bits per heavy atom. The molecule has 1 rings (SSSR count). The van der Waals surface area contributed by atoms with E-state index in [-0.39, 0.29) is 0 Å². The first-order valence-electron chi connectivity index (χ1n) is 5.52. The van der Waals surface area contributed by atoms with E-state index in [1.807, 2.05) is 12.1 Å². The van der Waals surface area contributed by atoms with Crippen LogP contribution in [-0.2, 0) is 0 Å². The van der Waals surface area contributed by atoms with Gasteiger partial charge in [0.2, 0.25) is 5.88 Å². The Bertz CT molecular complexity index is 420. The van der Waals surface area contributed by atoms with Crippen molar-refractivity contribution in [2.75, 3.05) is 24.6 Å². The van der Waals surface area contributed by atoms with Crippen molar-refractivity contribution in [2.24, 2.45) is 0 Å². The Kier molecular flexibility index (Phi) is 5.59. The summed E-state index contributed by atoms with van der Waals surface area (Å²) in [6.07, 6.45) is 3.34. The average molecular weight is 231 g/mol. The number of ether oxygens (including phenoxy) is 1. The Morgan fingerprint density at radius 3 is 3.00 bits per heavy atom. The fraction of sp³-hybridized carbons (Fsp3) is 0.385. The summed E-state index contributed by atoms with van der Waals surface area (Å²) in [5, 5.41) is 0. The van der Waals surface area contributed by atoms with Gasteiger partial charge >= 0.3 is 0 Å². The number of likely N-dealkylation sites (N-methyl/N-ethyl adjacent to an activating group) is 1. The van der Waals surface area contributed by atoms with Crippen LogP contribution >= 0.6 is 0 Å². The molecular formula is C13H17N3O. The number of aromatic nitrogens is 2. The van der Waals surface area contributed by atoms with Gasteiger partial charge in [0, 0.05) is 19.2 Å². The van der Waals surface area contributed by atoms with Gasteiger partial charge in [-0.3, -0.25) is 0 Å². The number of rotatable bonds is 6. The lowest BCUT2D eigenvalue weighted by atomic mass is 10.4. The molecule has 0 saturated heterocycles. The topological polar surface area (TPSA) is 38.2 Å². The number of nitrogens with zero attached hydrogens (tertiary/aromatic N) is 3. The number of anilines is 1. The molecule has 0 radical (unpaired) electrons. The highest BCUT2D eigenvalue weighted by molar-refractivity contribution is 5.41. The molecule has 0 aliphatic carbocycles. The van der Waals surface area contributed by atoms with Gasteiger partial charge in [-0.25, -0.2) is 9.97 Å². The minimum absolute atomic E-state index is 0.348. The predicted molar refractivity (Wildman–Crippen MR) is 69.1 cm³/mol. The molecule has 1 aromatic heterocycles. The van der Waals surface area contributed by atoms with E-state index in [4.69, 9.17) is 4.74 Å². The lowest BCUT2D eigenvalue weighted by Gasteiger charge is -2.19. The maximum Gasteiger partial charge on any atom is 0.219 e. The van der Waals surface area contributed by atoms with Crippen LogP contribution in [0, 0.1) is 11.8 Å². The van der Waals surface area contributed by atoms with Crippen molar-refractivity contribution in [2.45, 2.75) is 13.8 Å². The summed E-state index contributed by atoms with van der Waals surface area (Å²) in [5.41, 5.74) is 0. The Hall–Kier alpha value is -2.02. The zero-order valence-electron chi connectivity index (χ0n) is 10.3. The molecule has 0 N–H and O–H groups in total. The molecule has 0 atom stereocenters. The SMILES string of the molecule is C=CCN(CC)c1cc(OCC#CC)ncn1. The van der Waals surface area contributed by atoms with Gasteiger partial charge in [-0.05, 0) is 13.8 Å². The Labute approximate surface area is 102 Å². The number of hydrogen-bond acceptors (Lipinski definition) is 4. The Balaban J connectivity index is 2.75. The van der Waals surface area contributed by atoms with Crippen molar-refractivity contribution in [3.8, 4) is 17.7 Å². The van der Waals surface area contributed by atoms with Gasteiger partial charge in [0.05, 0.1) is 0 Å². The first-order chi connectivity index (χ1) is 8.31. The molecule has 0 aliphatic heterocycles. The molecule has 0 spiro atoms. The van der Waals surface area contributed by atoms with Crippen molar-refractivity contribution in [3.05, 3.63) is 25.0 Å². The molecule has 0 fully saturated rings. The maximum atomic E-state index is 5.38. The fourth-order valence-electron chi connectivity index (χ4n) is 1.30. The highest BCUT2D eigenvalue weighted by atomic mass is 16.5. The van der Waals surface area contributed by atoms with Gasteiger partial charge < -0.3 is 9.64 Å². The first-order valence-corrected chi connectivity index (χ1v) is 5.52. The van der Waals surface area contributed by atoms with Crippen LogP contribution in [0.15, 0.2) is 25.0 Å². The van der Waals surface area contributed by atoms with E-state index in [2.05, 4.69) is 40.2 Å². The van der Waals surface area contributed by atoms with Gasteiger partial charge in [-0.1, -0.05) is 12.0 Å². The van der Waals surface area contributed by atoms with Crippen molar-refractivity contribution in [1.29, 1.82) is 0 Å². The van der Waals surface area contributed by atoms with Gasteiger partial charge in [-0.15, -0.1) is 12.5 Å². The van der Waals surface area contributed by atoms with E-state index in [1.165, 1.54) is 6.33 Å². The van der Waals surface area contributed by atoms with Crippen LogP contribution in [-0.4, -0.2) is 29.7 Å². The maximum absolute atomic E-state index is 5.38. The molecular weight excluding hydrogens is 214 g/mol. The highest BCUT2D eigenvalue weighted by Gasteiger charge is 2.05. The standard InChI is InChI=1S/C13H17N3O/c1-4-7-9-17-13-10-12(14-11-15-13)16(6-3)8-5-2/h5,10-11H,2,6,8-9H2,1,3H3. The van der Waals surface area contributed by atoms with Crippen molar-refractivity contribution >= 4 is 5.82 Å². The third-order valence-corrected chi connectivity index (χ3v) is 2.15. The van der Waals surface area contributed by atoms with Gasteiger partial charge in [0.25, 0.3) is 0 Å². The average Bonchev–Trinajstić information content (AvgIpc) is 2.36. The molecule has 0 bridgehead atoms. The van der Waals surface area contributed by atoms with E-state index >= 15 is 0 Å². The second-order valence-corrected chi connectivity index (χ2v) is 3.26. The molecule has 0 amide bonds. The summed E-state index contributed by atoms with van der Waals surface area (Å²) >= 11 is 0. The minimum Gasteiger partial charge on any atom is -0.464 e. The second-order valence-electron chi connectivity index (χ2n) is 3.26. The van der Waals surface area contributed by atoms with Crippen LogP contribution < -0.4 is 9.64 Å². The summed E-state index contributed by atoms with van der Waals surface area (Å²) in [6, 6.07) is 1.81. The van der Waals surface area contributed by atoms with E-state index in [1.54, 1.807) is 6.92 Å². The summed E-state index contributed by atoms with van der Waals surface area (Å²) < 4.78 is 5.38. The third kappa shape index (κ3) is 4.15. The summed E-state index contributed by atoms with van der Waals surface area (Å²) in [4.78, 5) is 10.3. The van der Waals surface area contributed by atoms with Crippen LogP contribution in [0.2, 0.25) is 0 Å². The zero-order chi connectivity index (χ0) is 12.5. The summed E-state index contributed by atoms with van der Waals surface area (Å²) in [6.45, 7) is 9.52. The lowest BCUT2D eigenvalue weighted by molar-refractivity contribution is 0.354. The molecule has 0 saturated carbocycles. The summed E-state index contributed by atoms with van der Waals surface area (Å²) in [7, 11) is 0. The van der Waals surface area contributed by atoms with Crippen LogP contribution in [0.5, 0.6) is 5.88 Å². The van der Waals surface area contributed by atoms with Crippen molar-refractivity contribution in [1.82, 2.24) is 9.97 Å². The first kappa shape index (κ1) is 13.0. The predicted octanol–water partition coefficient (Wildman–Crippen LogP) is 1.89. The van der Waals surface area contributed by atoms with E-state index in [0.29, 0.717) is 12.5 Å². The summed E-state index contributed by atoms with van der Waals surface area (Å²) in [5.74, 6) is 6.96. The second kappa shape index (κ2) is 7.29. The molecule has 90 valence electrons. The normalized spacial score (nSPS) is 9.06. The third-order valence-electron chi connectivity index (χ3n) is 2.15. The highest BCUT2D eigenvalue weighted by Crippen LogP contribution is 2.15.